The second-order valence-electron chi connectivity index (χ2n) is 5.24. The van der Waals surface area contributed by atoms with Gasteiger partial charge in [0, 0.05) is 35.3 Å². The summed E-state index contributed by atoms with van der Waals surface area (Å²) in [7, 11) is 2.12. The van der Waals surface area contributed by atoms with E-state index in [1.54, 1.807) is 17.4 Å². The fourth-order valence-electron chi connectivity index (χ4n) is 2.04. The molecule has 0 atom stereocenters. The number of halogens is 1. The summed E-state index contributed by atoms with van der Waals surface area (Å²) in [5, 5.41) is 4.42. The molecular weight excluding hydrogens is 259 g/mol. The Morgan fingerprint density at radius 3 is 2.84 bits per heavy atom. The van der Waals surface area contributed by atoms with Crippen LogP contribution >= 0.6 is 11.3 Å². The lowest BCUT2D eigenvalue weighted by atomic mass is 10.2. The summed E-state index contributed by atoms with van der Waals surface area (Å²) in [5.41, 5.74) is 0. The van der Waals surface area contributed by atoms with Crippen LogP contribution in [-0.4, -0.2) is 31.1 Å². The molecule has 0 saturated carbocycles. The van der Waals surface area contributed by atoms with Gasteiger partial charge in [-0.25, -0.2) is 4.39 Å². The van der Waals surface area contributed by atoms with Crippen molar-refractivity contribution < 1.29 is 4.39 Å². The molecule has 0 aliphatic rings. The Morgan fingerprint density at radius 2 is 2.11 bits per heavy atom. The SMILES string of the molecule is CC(C)NCCN(C)Cc1cc2cc(F)ccc2s1. The number of nitrogens with zero attached hydrogens (tertiary/aromatic N) is 1. The molecule has 0 bridgehead atoms. The Kier molecular flexibility index (Phi) is 4.91. The molecule has 0 amide bonds. The van der Waals surface area contributed by atoms with Gasteiger partial charge in [-0.3, -0.25) is 0 Å². The van der Waals surface area contributed by atoms with Crippen molar-refractivity contribution in [1.29, 1.82) is 0 Å². The first-order valence-electron chi connectivity index (χ1n) is 6.64. The number of nitrogens with one attached hydrogen (secondary N) is 1. The van der Waals surface area contributed by atoms with Crippen LogP contribution in [0.15, 0.2) is 24.3 Å². The molecule has 104 valence electrons. The molecule has 2 rings (SSSR count). The van der Waals surface area contributed by atoms with E-state index in [1.807, 2.05) is 6.07 Å². The highest BCUT2D eigenvalue weighted by Crippen LogP contribution is 2.26. The van der Waals surface area contributed by atoms with Crippen molar-refractivity contribution in [2.75, 3.05) is 20.1 Å². The third-order valence-corrected chi connectivity index (χ3v) is 4.10. The first-order chi connectivity index (χ1) is 9.04. The Balaban J connectivity index is 1.93. The lowest BCUT2D eigenvalue weighted by Crippen LogP contribution is -2.32. The highest BCUT2D eigenvalue weighted by molar-refractivity contribution is 7.19. The summed E-state index contributed by atoms with van der Waals surface area (Å²) in [6.45, 7) is 7.23. The smallest absolute Gasteiger partial charge is 0.123 e. The zero-order chi connectivity index (χ0) is 13.8. The predicted octanol–water partition coefficient (Wildman–Crippen LogP) is 3.47. The average molecular weight is 280 g/mol. The number of hydrogen-bond acceptors (Lipinski definition) is 3. The molecule has 1 N–H and O–H groups in total. The molecule has 19 heavy (non-hydrogen) atoms. The molecule has 1 aromatic heterocycles. The molecule has 2 nitrogen and oxygen atoms in total. The largest absolute Gasteiger partial charge is 0.313 e. The predicted molar refractivity (Wildman–Crippen MR) is 81.3 cm³/mol. The maximum Gasteiger partial charge on any atom is 0.123 e. The summed E-state index contributed by atoms with van der Waals surface area (Å²) in [5.74, 6) is -0.161. The zero-order valence-corrected chi connectivity index (χ0v) is 12.6. The van der Waals surface area contributed by atoms with Gasteiger partial charge in [-0.1, -0.05) is 13.8 Å². The van der Waals surface area contributed by atoms with E-state index < -0.39 is 0 Å². The number of benzene rings is 1. The molecule has 1 heterocycles. The summed E-state index contributed by atoms with van der Waals surface area (Å²) in [6, 6.07) is 7.61. The topological polar surface area (TPSA) is 15.3 Å². The van der Waals surface area contributed by atoms with Gasteiger partial charge in [0.1, 0.15) is 5.82 Å². The molecule has 0 fully saturated rings. The number of fused-ring (bicyclic) bond motifs is 1. The first kappa shape index (κ1) is 14.4. The van der Waals surface area contributed by atoms with Crippen molar-refractivity contribution in [3.63, 3.8) is 0 Å². The third kappa shape index (κ3) is 4.27. The number of thiophene rings is 1. The summed E-state index contributed by atoms with van der Waals surface area (Å²) in [6.07, 6.45) is 0. The summed E-state index contributed by atoms with van der Waals surface area (Å²) >= 11 is 1.75. The van der Waals surface area contributed by atoms with Gasteiger partial charge in [-0.15, -0.1) is 11.3 Å². The van der Waals surface area contributed by atoms with Gasteiger partial charge >= 0.3 is 0 Å². The normalized spacial score (nSPS) is 11.9. The standard InChI is InChI=1S/C15H21FN2S/c1-11(2)17-6-7-18(3)10-14-9-12-8-13(16)4-5-15(12)19-14/h4-5,8-9,11,17H,6-7,10H2,1-3H3. The molecule has 0 aliphatic carbocycles. The second-order valence-corrected chi connectivity index (χ2v) is 6.41. The maximum atomic E-state index is 13.1. The van der Waals surface area contributed by atoms with E-state index in [4.69, 9.17) is 0 Å². The Bertz CT molecular complexity index is 536. The second kappa shape index (κ2) is 6.46. The van der Waals surface area contributed by atoms with E-state index in [1.165, 1.54) is 10.9 Å². The summed E-state index contributed by atoms with van der Waals surface area (Å²) < 4.78 is 14.3. The molecule has 4 heteroatoms. The van der Waals surface area contributed by atoms with E-state index in [0.717, 1.165) is 29.7 Å². The molecule has 0 spiro atoms. The van der Waals surface area contributed by atoms with Crippen LogP contribution in [0.25, 0.3) is 10.1 Å². The summed E-state index contributed by atoms with van der Waals surface area (Å²) in [4.78, 5) is 3.57. The van der Waals surface area contributed by atoms with Crippen molar-refractivity contribution >= 4 is 21.4 Å². The van der Waals surface area contributed by atoms with Gasteiger partial charge in [0.05, 0.1) is 0 Å². The minimum absolute atomic E-state index is 0.161. The van der Waals surface area contributed by atoms with Gasteiger partial charge < -0.3 is 10.2 Å². The lowest BCUT2D eigenvalue weighted by Gasteiger charge is -2.17. The Morgan fingerprint density at radius 1 is 1.32 bits per heavy atom. The fourth-order valence-corrected chi connectivity index (χ4v) is 3.16. The highest BCUT2D eigenvalue weighted by Gasteiger charge is 2.06. The molecule has 0 unspecified atom stereocenters. The minimum atomic E-state index is -0.161. The van der Waals surface area contributed by atoms with E-state index in [0.29, 0.717) is 6.04 Å². The van der Waals surface area contributed by atoms with Crippen molar-refractivity contribution in [3.8, 4) is 0 Å². The van der Waals surface area contributed by atoms with E-state index in [-0.39, 0.29) is 5.82 Å². The van der Waals surface area contributed by atoms with Crippen molar-refractivity contribution in [1.82, 2.24) is 10.2 Å². The number of likely N-dealkylation sites (N-methyl/N-ethyl adjacent to an activating group) is 1. The van der Waals surface area contributed by atoms with E-state index in [9.17, 15) is 4.39 Å². The van der Waals surface area contributed by atoms with Crippen LogP contribution < -0.4 is 5.32 Å². The van der Waals surface area contributed by atoms with Crippen molar-refractivity contribution in [2.45, 2.75) is 26.4 Å². The lowest BCUT2D eigenvalue weighted by molar-refractivity contribution is 0.323. The van der Waals surface area contributed by atoms with Crippen LogP contribution in [0.5, 0.6) is 0 Å². The maximum absolute atomic E-state index is 13.1. The number of hydrogen-bond donors (Lipinski definition) is 1. The van der Waals surface area contributed by atoms with Crippen molar-refractivity contribution in [2.24, 2.45) is 0 Å². The third-order valence-electron chi connectivity index (χ3n) is 3.00. The number of rotatable bonds is 6. The van der Waals surface area contributed by atoms with Gasteiger partial charge in [0.25, 0.3) is 0 Å². The van der Waals surface area contributed by atoms with Gasteiger partial charge in [0.15, 0.2) is 0 Å². The Hall–Kier alpha value is -0.970. The van der Waals surface area contributed by atoms with Crippen LogP contribution in [0.3, 0.4) is 0 Å². The van der Waals surface area contributed by atoms with Crippen molar-refractivity contribution in [3.05, 3.63) is 35.0 Å². The van der Waals surface area contributed by atoms with Crippen LogP contribution in [0.4, 0.5) is 4.39 Å². The Labute approximate surface area is 118 Å². The van der Waals surface area contributed by atoms with Gasteiger partial charge in [-0.2, -0.15) is 0 Å². The van der Waals surface area contributed by atoms with Gasteiger partial charge in [0.2, 0.25) is 0 Å². The van der Waals surface area contributed by atoms with E-state index >= 15 is 0 Å². The van der Waals surface area contributed by atoms with Crippen LogP contribution in [0.1, 0.15) is 18.7 Å². The molecule has 1 aromatic carbocycles. The van der Waals surface area contributed by atoms with Crippen LogP contribution in [0, 0.1) is 5.82 Å². The zero-order valence-electron chi connectivity index (χ0n) is 11.7. The molecule has 0 radical (unpaired) electrons. The minimum Gasteiger partial charge on any atom is -0.313 e. The molecule has 2 aromatic rings. The highest BCUT2D eigenvalue weighted by atomic mass is 32.1. The molecule has 0 aliphatic heterocycles. The first-order valence-corrected chi connectivity index (χ1v) is 7.46. The monoisotopic (exact) mass is 280 g/mol. The van der Waals surface area contributed by atoms with E-state index in [2.05, 4.69) is 37.2 Å². The van der Waals surface area contributed by atoms with Crippen LogP contribution in [-0.2, 0) is 6.54 Å². The quantitative estimate of drug-likeness (QED) is 0.871. The van der Waals surface area contributed by atoms with Crippen LogP contribution in [0.2, 0.25) is 0 Å². The fraction of sp³-hybridized carbons (Fsp3) is 0.467. The van der Waals surface area contributed by atoms with Gasteiger partial charge in [-0.05, 0) is 36.7 Å². The average Bonchev–Trinajstić information content (AvgIpc) is 2.69. The molecular formula is C15H21FN2S. The molecule has 0 saturated heterocycles.